The van der Waals surface area contributed by atoms with E-state index in [2.05, 4.69) is 12.2 Å². The Balaban J connectivity index is 2.17. The highest BCUT2D eigenvalue weighted by Crippen LogP contribution is 2.27. The van der Waals surface area contributed by atoms with Crippen LogP contribution in [0.2, 0.25) is 0 Å². The van der Waals surface area contributed by atoms with Crippen LogP contribution in [0.15, 0.2) is 0 Å². The van der Waals surface area contributed by atoms with Crippen LogP contribution in [0.1, 0.15) is 58.3 Å². The monoisotopic (exact) mass is 271 g/mol. The van der Waals surface area contributed by atoms with Gasteiger partial charge in [0.25, 0.3) is 0 Å². The molecule has 0 saturated heterocycles. The van der Waals surface area contributed by atoms with Crippen molar-refractivity contribution in [2.75, 3.05) is 33.5 Å². The molecule has 1 aliphatic rings. The third-order valence-electron chi connectivity index (χ3n) is 4.07. The molecule has 3 heteroatoms. The van der Waals surface area contributed by atoms with Gasteiger partial charge in [0.2, 0.25) is 0 Å². The quantitative estimate of drug-likeness (QED) is 0.584. The van der Waals surface area contributed by atoms with Gasteiger partial charge in [0, 0.05) is 19.8 Å². The van der Waals surface area contributed by atoms with Crippen LogP contribution < -0.4 is 5.32 Å². The van der Waals surface area contributed by atoms with Crippen LogP contribution in [0.3, 0.4) is 0 Å². The van der Waals surface area contributed by atoms with Crippen molar-refractivity contribution in [2.45, 2.75) is 64.3 Å². The van der Waals surface area contributed by atoms with E-state index in [4.69, 9.17) is 9.47 Å². The van der Waals surface area contributed by atoms with Gasteiger partial charge in [-0.1, -0.05) is 39.0 Å². The number of hydrogen-bond acceptors (Lipinski definition) is 3. The summed E-state index contributed by atoms with van der Waals surface area (Å²) in [7, 11) is 1.72. The molecule has 1 saturated carbocycles. The van der Waals surface area contributed by atoms with E-state index in [0.717, 1.165) is 32.1 Å². The van der Waals surface area contributed by atoms with Crippen molar-refractivity contribution in [3.8, 4) is 0 Å². The van der Waals surface area contributed by atoms with Gasteiger partial charge in [-0.25, -0.2) is 0 Å². The van der Waals surface area contributed by atoms with E-state index >= 15 is 0 Å². The third-order valence-corrected chi connectivity index (χ3v) is 4.07. The minimum absolute atomic E-state index is 0.644. The summed E-state index contributed by atoms with van der Waals surface area (Å²) in [6.45, 7) is 5.66. The van der Waals surface area contributed by atoms with Crippen LogP contribution >= 0.6 is 0 Å². The van der Waals surface area contributed by atoms with E-state index in [1.165, 1.54) is 44.9 Å². The molecule has 19 heavy (non-hydrogen) atoms. The zero-order valence-corrected chi connectivity index (χ0v) is 13.0. The molecule has 0 radical (unpaired) electrons. The molecule has 1 rings (SSSR count). The second kappa shape index (κ2) is 11.7. The average molecular weight is 271 g/mol. The molecule has 1 fully saturated rings. The minimum Gasteiger partial charge on any atom is -0.382 e. The number of hydrogen-bond donors (Lipinski definition) is 1. The second-order valence-corrected chi connectivity index (χ2v) is 5.78. The van der Waals surface area contributed by atoms with Crippen LogP contribution in [0.5, 0.6) is 0 Å². The zero-order chi connectivity index (χ0) is 13.8. The second-order valence-electron chi connectivity index (χ2n) is 5.78. The first-order valence-corrected chi connectivity index (χ1v) is 8.16. The lowest BCUT2D eigenvalue weighted by Crippen LogP contribution is -2.33. The molecule has 0 bridgehead atoms. The van der Waals surface area contributed by atoms with Crippen LogP contribution in [-0.4, -0.2) is 39.5 Å². The predicted octanol–water partition coefficient (Wildman–Crippen LogP) is 3.38. The van der Waals surface area contributed by atoms with Gasteiger partial charge in [-0.15, -0.1) is 0 Å². The summed E-state index contributed by atoms with van der Waals surface area (Å²) in [5, 5.41) is 3.70. The largest absolute Gasteiger partial charge is 0.382 e. The molecule has 1 N–H and O–H groups in total. The molecule has 0 heterocycles. The SMILES string of the molecule is CCCNC(CCOCCOC)CC1CCCCC1. The molecule has 0 aromatic carbocycles. The maximum absolute atomic E-state index is 5.61. The lowest BCUT2D eigenvalue weighted by molar-refractivity contribution is 0.0643. The maximum Gasteiger partial charge on any atom is 0.0700 e. The first-order chi connectivity index (χ1) is 9.36. The number of methoxy groups -OCH3 is 1. The Labute approximate surface area is 119 Å². The highest BCUT2D eigenvalue weighted by molar-refractivity contribution is 4.74. The molecule has 1 aliphatic carbocycles. The van der Waals surface area contributed by atoms with Crippen molar-refractivity contribution in [1.29, 1.82) is 0 Å². The Morgan fingerprint density at radius 1 is 1.11 bits per heavy atom. The molecule has 114 valence electrons. The van der Waals surface area contributed by atoms with Crippen molar-refractivity contribution in [1.82, 2.24) is 5.32 Å². The number of nitrogens with one attached hydrogen (secondary N) is 1. The van der Waals surface area contributed by atoms with Crippen molar-refractivity contribution in [3.05, 3.63) is 0 Å². The summed E-state index contributed by atoms with van der Waals surface area (Å²) in [5.74, 6) is 0.946. The van der Waals surface area contributed by atoms with Gasteiger partial charge in [0.05, 0.1) is 13.2 Å². The van der Waals surface area contributed by atoms with E-state index in [0.29, 0.717) is 12.6 Å². The van der Waals surface area contributed by atoms with Crippen LogP contribution in [0.4, 0.5) is 0 Å². The van der Waals surface area contributed by atoms with Gasteiger partial charge in [-0.3, -0.25) is 0 Å². The Morgan fingerprint density at radius 3 is 2.58 bits per heavy atom. The Hall–Kier alpha value is -0.120. The van der Waals surface area contributed by atoms with Gasteiger partial charge < -0.3 is 14.8 Å². The van der Waals surface area contributed by atoms with Crippen molar-refractivity contribution in [2.24, 2.45) is 5.92 Å². The van der Waals surface area contributed by atoms with E-state index in [1.807, 2.05) is 0 Å². The smallest absolute Gasteiger partial charge is 0.0700 e. The fraction of sp³-hybridized carbons (Fsp3) is 1.00. The normalized spacial score (nSPS) is 18.6. The lowest BCUT2D eigenvalue weighted by atomic mass is 9.84. The zero-order valence-electron chi connectivity index (χ0n) is 13.0. The average Bonchev–Trinajstić information content (AvgIpc) is 2.45. The van der Waals surface area contributed by atoms with Crippen molar-refractivity contribution < 1.29 is 9.47 Å². The molecule has 0 spiro atoms. The molecular weight excluding hydrogens is 238 g/mol. The standard InChI is InChI=1S/C16H33NO2/c1-3-10-17-16(9-11-19-13-12-18-2)14-15-7-5-4-6-8-15/h15-17H,3-14H2,1-2H3. The van der Waals surface area contributed by atoms with Gasteiger partial charge >= 0.3 is 0 Å². The maximum atomic E-state index is 5.61. The summed E-state index contributed by atoms with van der Waals surface area (Å²) in [6, 6.07) is 0.644. The summed E-state index contributed by atoms with van der Waals surface area (Å²) >= 11 is 0. The van der Waals surface area contributed by atoms with E-state index in [9.17, 15) is 0 Å². The van der Waals surface area contributed by atoms with Crippen molar-refractivity contribution >= 4 is 0 Å². The van der Waals surface area contributed by atoms with Crippen LogP contribution in [0.25, 0.3) is 0 Å². The fourth-order valence-corrected chi connectivity index (χ4v) is 2.95. The van der Waals surface area contributed by atoms with Gasteiger partial charge in [0.1, 0.15) is 0 Å². The first-order valence-electron chi connectivity index (χ1n) is 8.16. The summed E-state index contributed by atoms with van der Waals surface area (Å²) in [5.41, 5.74) is 0. The molecular formula is C16H33NO2. The highest BCUT2D eigenvalue weighted by atomic mass is 16.5. The predicted molar refractivity (Wildman–Crippen MR) is 80.6 cm³/mol. The third kappa shape index (κ3) is 8.61. The summed E-state index contributed by atoms with van der Waals surface area (Å²) in [6.07, 6.45) is 10.9. The molecule has 0 aliphatic heterocycles. The van der Waals surface area contributed by atoms with Gasteiger partial charge in [0.15, 0.2) is 0 Å². The van der Waals surface area contributed by atoms with Gasteiger partial charge in [-0.05, 0) is 31.7 Å². The molecule has 0 aromatic rings. The summed E-state index contributed by atoms with van der Waals surface area (Å²) in [4.78, 5) is 0. The molecule has 3 nitrogen and oxygen atoms in total. The molecule has 1 unspecified atom stereocenters. The molecule has 0 amide bonds. The van der Waals surface area contributed by atoms with E-state index < -0.39 is 0 Å². The number of ether oxygens (including phenoxy) is 2. The summed E-state index contributed by atoms with van der Waals surface area (Å²) < 4.78 is 10.6. The molecule has 0 aromatic heterocycles. The molecule has 1 atom stereocenters. The van der Waals surface area contributed by atoms with E-state index in [-0.39, 0.29) is 0 Å². The first kappa shape index (κ1) is 16.9. The van der Waals surface area contributed by atoms with Crippen LogP contribution in [0, 0.1) is 5.92 Å². The number of rotatable bonds is 11. The van der Waals surface area contributed by atoms with Gasteiger partial charge in [-0.2, -0.15) is 0 Å². The lowest BCUT2D eigenvalue weighted by Gasteiger charge is -2.27. The topological polar surface area (TPSA) is 30.5 Å². The Morgan fingerprint density at radius 2 is 1.89 bits per heavy atom. The van der Waals surface area contributed by atoms with Crippen molar-refractivity contribution in [3.63, 3.8) is 0 Å². The van der Waals surface area contributed by atoms with Crippen LogP contribution in [-0.2, 0) is 9.47 Å². The Bertz CT molecular complexity index is 193. The highest BCUT2D eigenvalue weighted by Gasteiger charge is 2.18. The fourth-order valence-electron chi connectivity index (χ4n) is 2.95. The van der Waals surface area contributed by atoms with E-state index in [1.54, 1.807) is 7.11 Å². The Kier molecular flexibility index (Phi) is 10.4. The minimum atomic E-state index is 0.644.